The van der Waals surface area contributed by atoms with E-state index in [0.29, 0.717) is 11.6 Å². The minimum absolute atomic E-state index is 0.118. The number of carbonyl (C=O) groups is 1. The first-order valence-corrected chi connectivity index (χ1v) is 10.5. The first-order valence-electron chi connectivity index (χ1n) is 8.52. The Labute approximate surface area is 158 Å². The molecule has 0 unspecified atom stereocenters. The topological polar surface area (TPSA) is 79.6 Å². The fraction of sp³-hybridized carbons (Fsp3) is 0.389. The second-order valence-electron chi connectivity index (χ2n) is 6.28. The molecule has 3 rings (SSSR count). The maximum Gasteiger partial charge on any atom is 0.287 e. The maximum absolute atomic E-state index is 12.4. The van der Waals surface area contributed by atoms with Crippen LogP contribution in [0.3, 0.4) is 0 Å². The van der Waals surface area contributed by atoms with Crippen LogP contribution in [0.4, 0.5) is 0 Å². The molecule has 140 valence electrons. The highest BCUT2D eigenvalue weighted by molar-refractivity contribution is 7.90. The largest absolute Gasteiger partial charge is 0.455 e. The monoisotopic (exact) mass is 396 g/mol. The summed E-state index contributed by atoms with van der Waals surface area (Å²) in [5.74, 6) is -0.299. The lowest BCUT2D eigenvalue weighted by molar-refractivity contribution is 0.0920. The van der Waals surface area contributed by atoms with Crippen molar-refractivity contribution in [1.29, 1.82) is 0 Å². The Hall–Kier alpha value is -1.83. The van der Waals surface area contributed by atoms with Crippen molar-refractivity contribution < 1.29 is 17.6 Å². The molecule has 1 N–H and O–H groups in total. The molecule has 6 nitrogen and oxygen atoms in total. The molecule has 1 fully saturated rings. The minimum Gasteiger partial charge on any atom is -0.455 e. The van der Waals surface area contributed by atoms with Gasteiger partial charge < -0.3 is 14.6 Å². The fourth-order valence-corrected chi connectivity index (χ4v) is 4.28. The Bertz CT molecular complexity index is 856. The number of nitrogens with one attached hydrogen (secondary N) is 1. The average molecular weight is 397 g/mol. The van der Waals surface area contributed by atoms with E-state index in [2.05, 4.69) is 10.2 Å². The third-order valence-corrected chi connectivity index (χ3v) is 6.21. The molecule has 1 aliphatic heterocycles. The van der Waals surface area contributed by atoms with Gasteiger partial charge in [0.25, 0.3) is 5.91 Å². The molecule has 0 saturated carbocycles. The average Bonchev–Trinajstić information content (AvgIpc) is 3.27. The van der Waals surface area contributed by atoms with Crippen molar-refractivity contribution in [3.63, 3.8) is 0 Å². The molecule has 0 atom stereocenters. The molecule has 0 spiro atoms. The van der Waals surface area contributed by atoms with Gasteiger partial charge >= 0.3 is 0 Å². The molecule has 1 aromatic heterocycles. The van der Waals surface area contributed by atoms with Gasteiger partial charge in [0.2, 0.25) is 0 Å². The molecule has 1 aliphatic rings. The molecule has 0 bridgehead atoms. The molecule has 1 aromatic carbocycles. The smallest absolute Gasteiger partial charge is 0.287 e. The summed E-state index contributed by atoms with van der Waals surface area (Å²) >= 11 is 5.78. The Morgan fingerprint density at radius 2 is 1.81 bits per heavy atom. The molecule has 1 amide bonds. The summed E-state index contributed by atoms with van der Waals surface area (Å²) in [6, 6.07) is 8.96. The van der Waals surface area contributed by atoms with Crippen LogP contribution in [0.1, 0.15) is 29.2 Å². The fourth-order valence-electron chi connectivity index (χ4n) is 2.91. The molecule has 2 heterocycles. The summed E-state index contributed by atoms with van der Waals surface area (Å²) in [6.45, 7) is 3.49. The number of carbonyl (C=O) groups excluding carboxylic acids is 1. The summed E-state index contributed by atoms with van der Waals surface area (Å²) in [5, 5.41) is 3.27. The summed E-state index contributed by atoms with van der Waals surface area (Å²) < 4.78 is 30.2. The second-order valence-corrected chi connectivity index (χ2v) is 8.71. The van der Waals surface area contributed by atoms with Crippen molar-refractivity contribution >= 4 is 27.3 Å². The lowest BCUT2D eigenvalue weighted by atomic mass is 10.4. The molecular formula is C18H21ClN2O4S. The summed E-state index contributed by atoms with van der Waals surface area (Å²) in [4.78, 5) is 14.6. The predicted molar refractivity (Wildman–Crippen MR) is 99.1 cm³/mol. The Balaban J connectivity index is 1.56. The van der Waals surface area contributed by atoms with Crippen molar-refractivity contribution in [3.8, 4) is 0 Å². The maximum atomic E-state index is 12.4. The first kappa shape index (κ1) is 18.9. The van der Waals surface area contributed by atoms with Gasteiger partial charge in [0.1, 0.15) is 11.5 Å². The molecule has 1 saturated heterocycles. The molecule has 0 radical (unpaired) electrons. The zero-order valence-electron chi connectivity index (χ0n) is 14.3. The number of benzene rings is 1. The summed E-state index contributed by atoms with van der Waals surface area (Å²) in [7, 11) is -3.56. The quantitative estimate of drug-likeness (QED) is 0.778. The Kier molecular flexibility index (Phi) is 6.01. The second kappa shape index (κ2) is 8.24. The van der Waals surface area contributed by atoms with Gasteiger partial charge in [-0.2, -0.15) is 0 Å². The van der Waals surface area contributed by atoms with Crippen LogP contribution >= 0.6 is 11.6 Å². The number of amides is 1. The SMILES string of the molecule is O=C(NCCN1CCCC1)c1ccc(CS(=O)(=O)c2ccc(Cl)cc2)o1. The van der Waals surface area contributed by atoms with Crippen molar-refractivity contribution in [1.82, 2.24) is 10.2 Å². The summed E-state index contributed by atoms with van der Waals surface area (Å²) in [6.07, 6.45) is 2.41. The lowest BCUT2D eigenvalue weighted by Crippen LogP contribution is -2.33. The normalized spacial score (nSPS) is 15.3. The van der Waals surface area contributed by atoms with Gasteiger partial charge in [-0.3, -0.25) is 4.79 Å². The zero-order chi connectivity index (χ0) is 18.6. The molecule has 8 heteroatoms. The third-order valence-electron chi connectivity index (χ3n) is 4.30. The van der Waals surface area contributed by atoms with Crippen LogP contribution in [0.15, 0.2) is 45.7 Å². The van der Waals surface area contributed by atoms with E-state index in [9.17, 15) is 13.2 Å². The Morgan fingerprint density at radius 1 is 1.12 bits per heavy atom. The van der Waals surface area contributed by atoms with Gasteiger partial charge in [0.15, 0.2) is 15.6 Å². The highest BCUT2D eigenvalue weighted by atomic mass is 35.5. The molecular weight excluding hydrogens is 376 g/mol. The highest BCUT2D eigenvalue weighted by Gasteiger charge is 2.19. The van der Waals surface area contributed by atoms with E-state index in [-0.39, 0.29) is 28.1 Å². The first-order chi connectivity index (χ1) is 12.4. The standard InChI is InChI=1S/C18H21ClN2O4S/c19-14-3-6-16(7-4-14)26(23,24)13-15-5-8-17(25-15)18(22)20-9-12-21-10-1-2-11-21/h3-8H,1-2,9-13H2,(H,20,22). The molecule has 26 heavy (non-hydrogen) atoms. The predicted octanol–water partition coefficient (Wildman–Crippen LogP) is 2.73. The summed E-state index contributed by atoms with van der Waals surface area (Å²) in [5.41, 5.74) is 0. The van der Waals surface area contributed by atoms with Crippen molar-refractivity contribution in [2.45, 2.75) is 23.5 Å². The highest BCUT2D eigenvalue weighted by Crippen LogP contribution is 2.20. The number of sulfone groups is 1. The number of likely N-dealkylation sites (tertiary alicyclic amines) is 1. The number of nitrogens with zero attached hydrogens (tertiary/aromatic N) is 1. The van der Waals surface area contributed by atoms with E-state index in [1.807, 2.05) is 0 Å². The van der Waals surface area contributed by atoms with Gasteiger partial charge in [-0.05, 0) is 62.3 Å². The van der Waals surface area contributed by atoms with Gasteiger partial charge in [-0.15, -0.1) is 0 Å². The number of rotatable bonds is 7. The molecule has 2 aromatic rings. The van der Waals surface area contributed by atoms with Gasteiger partial charge in [0.05, 0.1) is 4.90 Å². The third kappa shape index (κ3) is 4.87. The van der Waals surface area contributed by atoms with E-state index >= 15 is 0 Å². The van der Waals surface area contributed by atoms with Crippen LogP contribution in [0.2, 0.25) is 5.02 Å². The van der Waals surface area contributed by atoms with E-state index < -0.39 is 9.84 Å². The molecule has 0 aliphatic carbocycles. The van der Waals surface area contributed by atoms with E-state index in [1.165, 1.54) is 49.2 Å². The van der Waals surface area contributed by atoms with Gasteiger partial charge in [0, 0.05) is 18.1 Å². The Morgan fingerprint density at radius 3 is 2.50 bits per heavy atom. The van der Waals surface area contributed by atoms with Crippen LogP contribution in [0.25, 0.3) is 0 Å². The van der Waals surface area contributed by atoms with E-state index in [0.717, 1.165) is 19.6 Å². The number of hydrogen-bond acceptors (Lipinski definition) is 5. The van der Waals surface area contributed by atoms with Gasteiger partial charge in [-0.1, -0.05) is 11.6 Å². The zero-order valence-corrected chi connectivity index (χ0v) is 15.9. The van der Waals surface area contributed by atoms with Crippen LogP contribution in [0, 0.1) is 0 Å². The van der Waals surface area contributed by atoms with Crippen LogP contribution in [0.5, 0.6) is 0 Å². The van der Waals surface area contributed by atoms with Crippen LogP contribution < -0.4 is 5.32 Å². The van der Waals surface area contributed by atoms with Crippen molar-refractivity contribution in [2.24, 2.45) is 0 Å². The van der Waals surface area contributed by atoms with E-state index in [4.69, 9.17) is 16.0 Å². The van der Waals surface area contributed by atoms with Crippen molar-refractivity contribution in [2.75, 3.05) is 26.2 Å². The minimum atomic E-state index is -3.56. The number of halogens is 1. The van der Waals surface area contributed by atoms with E-state index in [1.54, 1.807) is 0 Å². The van der Waals surface area contributed by atoms with Gasteiger partial charge in [-0.25, -0.2) is 8.42 Å². The number of furan rings is 1. The van der Waals surface area contributed by atoms with Crippen molar-refractivity contribution in [3.05, 3.63) is 52.9 Å². The van der Waals surface area contributed by atoms with Crippen LogP contribution in [-0.2, 0) is 15.6 Å². The van der Waals surface area contributed by atoms with Crippen LogP contribution in [-0.4, -0.2) is 45.4 Å². The number of hydrogen-bond donors (Lipinski definition) is 1. The lowest BCUT2D eigenvalue weighted by Gasteiger charge is -2.14.